The Bertz CT molecular complexity index is 956. The Kier molecular flexibility index (Phi) is 4.04. The van der Waals surface area contributed by atoms with Crippen LogP contribution in [-0.2, 0) is 7.05 Å². The number of rotatable bonds is 3. The van der Waals surface area contributed by atoms with E-state index in [1.807, 2.05) is 29.4 Å². The first kappa shape index (κ1) is 16.2. The average Bonchev–Trinajstić information content (AvgIpc) is 3.23. The largest absolute Gasteiger partial charge is 0.478 e. The molecule has 0 amide bonds. The fraction of sp³-hybridized carbons (Fsp3) is 0.250. The topological polar surface area (TPSA) is 42.2 Å². The summed E-state index contributed by atoms with van der Waals surface area (Å²) in [5.41, 5.74) is 3.89. The summed E-state index contributed by atoms with van der Waals surface area (Å²) >= 11 is 1.94. The van der Waals surface area contributed by atoms with Crippen molar-refractivity contribution in [2.75, 3.05) is 11.5 Å². The van der Waals surface area contributed by atoms with Crippen molar-refractivity contribution in [1.82, 2.24) is 4.57 Å². The van der Waals surface area contributed by atoms with E-state index >= 15 is 0 Å². The van der Waals surface area contributed by atoms with Crippen LogP contribution in [0.25, 0.3) is 22.0 Å². The first-order valence-electron chi connectivity index (χ1n) is 8.24. The second-order valence-electron chi connectivity index (χ2n) is 6.49. The third-order valence-electron chi connectivity index (χ3n) is 4.88. The maximum atomic E-state index is 13.2. The molecule has 3 aromatic rings. The first-order valence-corrected chi connectivity index (χ1v) is 9.40. The van der Waals surface area contributed by atoms with Gasteiger partial charge in [-0.2, -0.15) is 11.8 Å². The smallest absolute Gasteiger partial charge is 0.337 e. The zero-order valence-corrected chi connectivity index (χ0v) is 14.6. The third-order valence-corrected chi connectivity index (χ3v) is 6.05. The molecule has 128 valence electrons. The molecule has 1 aliphatic heterocycles. The monoisotopic (exact) mass is 355 g/mol. The van der Waals surface area contributed by atoms with Crippen molar-refractivity contribution in [1.29, 1.82) is 0 Å². The van der Waals surface area contributed by atoms with Crippen molar-refractivity contribution >= 4 is 28.6 Å². The number of carboxylic acid groups (broad SMARTS) is 1. The molecule has 0 bridgehead atoms. The van der Waals surface area contributed by atoms with E-state index < -0.39 is 5.97 Å². The number of hydrogen-bond donors (Lipinski definition) is 1. The van der Waals surface area contributed by atoms with Crippen LogP contribution in [-0.4, -0.2) is 27.1 Å². The maximum Gasteiger partial charge on any atom is 0.337 e. The van der Waals surface area contributed by atoms with E-state index in [2.05, 4.69) is 6.20 Å². The summed E-state index contributed by atoms with van der Waals surface area (Å²) < 4.78 is 15.2. The lowest BCUT2D eigenvalue weighted by Crippen LogP contribution is -2.01. The van der Waals surface area contributed by atoms with Gasteiger partial charge in [0.2, 0.25) is 0 Å². The number of hydrogen-bond acceptors (Lipinski definition) is 2. The second kappa shape index (κ2) is 6.23. The lowest BCUT2D eigenvalue weighted by molar-refractivity contribution is 0.0698. The predicted molar refractivity (Wildman–Crippen MR) is 100.0 cm³/mol. The van der Waals surface area contributed by atoms with Crippen molar-refractivity contribution in [2.45, 2.75) is 12.3 Å². The van der Waals surface area contributed by atoms with Crippen molar-refractivity contribution < 1.29 is 14.3 Å². The van der Waals surface area contributed by atoms with Crippen LogP contribution in [0, 0.1) is 5.82 Å². The molecule has 2 heterocycles. The Morgan fingerprint density at radius 1 is 1.24 bits per heavy atom. The lowest BCUT2D eigenvalue weighted by atomic mass is 9.94. The van der Waals surface area contributed by atoms with Crippen LogP contribution in [0.15, 0.2) is 42.6 Å². The molecule has 0 radical (unpaired) electrons. The van der Waals surface area contributed by atoms with E-state index in [-0.39, 0.29) is 11.4 Å². The Hall–Kier alpha value is -2.27. The van der Waals surface area contributed by atoms with E-state index in [4.69, 9.17) is 0 Å². The van der Waals surface area contributed by atoms with Crippen molar-refractivity contribution in [3.05, 3.63) is 59.5 Å². The summed E-state index contributed by atoms with van der Waals surface area (Å²) in [5.74, 6) is 1.43. The summed E-state index contributed by atoms with van der Waals surface area (Å²) in [7, 11) is 1.90. The number of nitrogens with zero attached hydrogens (tertiary/aromatic N) is 1. The fourth-order valence-corrected chi connectivity index (χ4v) is 4.90. The molecule has 5 heteroatoms. The molecule has 0 saturated carbocycles. The summed E-state index contributed by atoms with van der Waals surface area (Å²) in [6, 6.07) is 9.92. The Morgan fingerprint density at radius 2 is 2.00 bits per heavy atom. The van der Waals surface area contributed by atoms with Crippen LogP contribution in [0.5, 0.6) is 0 Å². The molecule has 0 aliphatic carbocycles. The van der Waals surface area contributed by atoms with Gasteiger partial charge in [0.15, 0.2) is 0 Å². The third kappa shape index (κ3) is 2.82. The number of benzene rings is 2. The normalized spacial score (nSPS) is 17.3. The Labute approximate surface area is 149 Å². The minimum Gasteiger partial charge on any atom is -0.478 e. The van der Waals surface area contributed by atoms with Gasteiger partial charge in [-0.15, -0.1) is 0 Å². The van der Waals surface area contributed by atoms with E-state index in [1.54, 1.807) is 18.2 Å². The van der Waals surface area contributed by atoms with Gasteiger partial charge in [0.25, 0.3) is 0 Å². The molecule has 4 rings (SSSR count). The van der Waals surface area contributed by atoms with E-state index in [0.29, 0.717) is 5.92 Å². The molecule has 1 aromatic heterocycles. The Morgan fingerprint density at radius 3 is 2.64 bits per heavy atom. The summed E-state index contributed by atoms with van der Waals surface area (Å²) in [5, 5.41) is 10.7. The number of carboxylic acids is 1. The summed E-state index contributed by atoms with van der Waals surface area (Å²) in [4.78, 5) is 11.9. The molecule has 1 atom stereocenters. The van der Waals surface area contributed by atoms with Crippen LogP contribution >= 0.6 is 11.8 Å². The van der Waals surface area contributed by atoms with E-state index in [0.717, 1.165) is 40.0 Å². The van der Waals surface area contributed by atoms with Crippen LogP contribution in [0.4, 0.5) is 4.39 Å². The van der Waals surface area contributed by atoms with Gasteiger partial charge in [0.05, 0.1) is 11.1 Å². The molecule has 1 N–H and O–H groups in total. The van der Waals surface area contributed by atoms with Crippen LogP contribution in [0.3, 0.4) is 0 Å². The van der Waals surface area contributed by atoms with Crippen molar-refractivity contribution in [3.63, 3.8) is 0 Å². The van der Waals surface area contributed by atoms with Gasteiger partial charge in [0.1, 0.15) is 5.82 Å². The molecular formula is C20H18FNO2S. The van der Waals surface area contributed by atoms with Gasteiger partial charge in [-0.25, -0.2) is 9.18 Å². The van der Waals surface area contributed by atoms with Gasteiger partial charge in [0, 0.05) is 24.4 Å². The summed E-state index contributed by atoms with van der Waals surface area (Å²) in [6.07, 6.45) is 3.19. The molecule has 0 spiro atoms. The first-order chi connectivity index (χ1) is 12.0. The SMILES string of the molecule is Cn1cc([C@H]2CCSC2)c2cc(-c3ccc(F)cc3)cc(C(=O)O)c21. The quantitative estimate of drug-likeness (QED) is 0.726. The number of aryl methyl sites for hydroxylation is 1. The number of halogens is 1. The molecular weight excluding hydrogens is 337 g/mol. The van der Waals surface area contributed by atoms with Gasteiger partial charge in [-0.3, -0.25) is 0 Å². The standard InChI is InChI=1S/C20H18FNO2S/c1-22-10-18(13-6-7-25-11-13)16-8-14(9-17(19(16)22)20(23)24)12-2-4-15(21)5-3-12/h2-5,8-10,13H,6-7,11H2,1H3,(H,23,24)/t13-/m0/s1. The zero-order valence-electron chi connectivity index (χ0n) is 13.8. The predicted octanol–water partition coefficient (Wildman–Crippen LogP) is 4.90. The van der Waals surface area contributed by atoms with Crippen molar-refractivity contribution in [3.8, 4) is 11.1 Å². The minimum absolute atomic E-state index is 0.288. The Balaban J connectivity index is 1.97. The average molecular weight is 355 g/mol. The van der Waals surface area contributed by atoms with Gasteiger partial charge < -0.3 is 9.67 Å². The highest BCUT2D eigenvalue weighted by atomic mass is 32.2. The highest BCUT2D eigenvalue weighted by Gasteiger charge is 2.24. The lowest BCUT2D eigenvalue weighted by Gasteiger charge is -2.10. The number of aromatic nitrogens is 1. The van der Waals surface area contributed by atoms with E-state index in [9.17, 15) is 14.3 Å². The van der Waals surface area contributed by atoms with Gasteiger partial charge in [-0.1, -0.05) is 12.1 Å². The van der Waals surface area contributed by atoms with E-state index in [1.165, 1.54) is 17.7 Å². The number of thioether (sulfide) groups is 1. The number of fused-ring (bicyclic) bond motifs is 1. The molecule has 1 aliphatic rings. The van der Waals surface area contributed by atoms with Gasteiger partial charge >= 0.3 is 5.97 Å². The number of aromatic carboxylic acids is 1. The summed E-state index contributed by atoms with van der Waals surface area (Å²) in [6.45, 7) is 0. The molecule has 3 nitrogen and oxygen atoms in total. The van der Waals surface area contributed by atoms with Crippen LogP contribution in [0.1, 0.15) is 28.3 Å². The molecule has 1 fully saturated rings. The number of carbonyl (C=O) groups is 1. The fourth-order valence-electron chi connectivity index (χ4n) is 3.65. The molecule has 2 aromatic carbocycles. The van der Waals surface area contributed by atoms with Crippen LogP contribution in [0.2, 0.25) is 0 Å². The molecule has 0 unspecified atom stereocenters. The minimum atomic E-state index is -0.942. The molecule has 25 heavy (non-hydrogen) atoms. The second-order valence-corrected chi connectivity index (χ2v) is 7.64. The zero-order chi connectivity index (χ0) is 17.6. The maximum absolute atomic E-state index is 13.2. The highest BCUT2D eigenvalue weighted by Crippen LogP contribution is 2.39. The van der Waals surface area contributed by atoms with Crippen LogP contribution < -0.4 is 0 Å². The van der Waals surface area contributed by atoms with Gasteiger partial charge in [-0.05, 0) is 59.0 Å². The molecule has 1 saturated heterocycles. The van der Waals surface area contributed by atoms with Crippen molar-refractivity contribution in [2.24, 2.45) is 7.05 Å². The highest BCUT2D eigenvalue weighted by molar-refractivity contribution is 7.99.